The monoisotopic (exact) mass is 238 g/mol. The largest absolute Gasteiger partial charge is 0.493 e. The summed E-state index contributed by atoms with van der Waals surface area (Å²) in [6.45, 7) is 2.15. The molecule has 4 nitrogen and oxygen atoms in total. The molecule has 4 heteroatoms. The van der Waals surface area contributed by atoms with E-state index < -0.39 is 6.10 Å². The average molecular weight is 238 g/mol. The van der Waals surface area contributed by atoms with E-state index in [4.69, 9.17) is 4.74 Å². The average Bonchev–Trinajstić information content (AvgIpc) is 2.38. The first-order valence-corrected chi connectivity index (χ1v) is 5.65. The molecular formula is C13H18O4. The molecule has 0 fully saturated rings. The van der Waals surface area contributed by atoms with Crippen LogP contribution in [0.25, 0.3) is 0 Å². The highest BCUT2D eigenvalue weighted by molar-refractivity contribution is 5.69. The molecule has 94 valence electrons. The zero-order valence-electron chi connectivity index (χ0n) is 10.2. The number of aliphatic hydroxyl groups excluding tert-OH is 1. The number of aliphatic hydroxyl groups is 1. The highest BCUT2D eigenvalue weighted by Crippen LogP contribution is 2.26. The van der Waals surface area contributed by atoms with Gasteiger partial charge in [0.2, 0.25) is 0 Å². The lowest BCUT2D eigenvalue weighted by Crippen LogP contribution is -2.09. The fraction of sp³-hybridized carbons (Fsp3) is 0.462. The third-order valence-electron chi connectivity index (χ3n) is 2.46. The van der Waals surface area contributed by atoms with Crippen molar-refractivity contribution >= 4 is 5.97 Å². The predicted molar refractivity (Wildman–Crippen MR) is 63.8 cm³/mol. The Balaban J connectivity index is 2.61. The van der Waals surface area contributed by atoms with Gasteiger partial charge in [-0.3, -0.25) is 4.79 Å². The van der Waals surface area contributed by atoms with Crippen molar-refractivity contribution in [3.63, 3.8) is 0 Å². The Kier molecular flexibility index (Phi) is 5.49. The summed E-state index contributed by atoms with van der Waals surface area (Å²) in [7, 11) is 1.34. The van der Waals surface area contributed by atoms with Crippen LogP contribution in [0.15, 0.2) is 24.3 Å². The van der Waals surface area contributed by atoms with Crippen LogP contribution in [0.5, 0.6) is 5.75 Å². The fourth-order valence-electron chi connectivity index (χ4n) is 1.45. The number of hydrogen-bond acceptors (Lipinski definition) is 4. The summed E-state index contributed by atoms with van der Waals surface area (Å²) in [6, 6.07) is 7.29. The van der Waals surface area contributed by atoms with E-state index >= 15 is 0 Å². The lowest BCUT2D eigenvalue weighted by atomic mass is 10.1. The molecule has 0 bridgehead atoms. The van der Waals surface area contributed by atoms with Crippen molar-refractivity contribution in [1.82, 2.24) is 0 Å². The Morgan fingerprint density at radius 2 is 2.12 bits per heavy atom. The maximum absolute atomic E-state index is 10.9. The Morgan fingerprint density at radius 3 is 2.76 bits per heavy atom. The van der Waals surface area contributed by atoms with Crippen LogP contribution in [0, 0.1) is 0 Å². The molecule has 17 heavy (non-hydrogen) atoms. The van der Waals surface area contributed by atoms with Crippen molar-refractivity contribution in [3.05, 3.63) is 29.8 Å². The highest BCUT2D eigenvalue weighted by Gasteiger charge is 2.11. The molecule has 0 spiro atoms. The summed E-state index contributed by atoms with van der Waals surface area (Å²) < 4.78 is 9.99. The first kappa shape index (κ1) is 13.5. The van der Waals surface area contributed by atoms with Gasteiger partial charge >= 0.3 is 5.97 Å². The Hall–Kier alpha value is -1.55. The van der Waals surface area contributed by atoms with E-state index in [1.807, 2.05) is 25.1 Å². The van der Waals surface area contributed by atoms with Gasteiger partial charge in [-0.25, -0.2) is 0 Å². The van der Waals surface area contributed by atoms with Crippen molar-refractivity contribution < 1.29 is 19.4 Å². The molecule has 1 atom stereocenters. The van der Waals surface area contributed by atoms with E-state index in [9.17, 15) is 9.90 Å². The molecule has 0 heterocycles. The molecule has 1 aromatic rings. The number of benzene rings is 1. The van der Waals surface area contributed by atoms with E-state index in [1.54, 1.807) is 6.07 Å². The summed E-state index contributed by atoms with van der Waals surface area (Å²) in [5.41, 5.74) is 0.750. The van der Waals surface area contributed by atoms with E-state index in [2.05, 4.69) is 4.74 Å². The standard InChI is InChI=1S/C13H18O4/c1-3-11(14)10-6-4-5-7-12(10)17-9-8-13(15)16-2/h4-7,11,14H,3,8-9H2,1-2H3/t11-/m0/s1. The summed E-state index contributed by atoms with van der Waals surface area (Å²) in [5.74, 6) is 0.310. The number of methoxy groups -OCH3 is 1. The zero-order valence-corrected chi connectivity index (χ0v) is 10.2. The predicted octanol–water partition coefficient (Wildman–Crippen LogP) is 2.07. The molecule has 0 saturated heterocycles. The minimum absolute atomic E-state index is 0.201. The molecule has 1 aromatic carbocycles. The zero-order chi connectivity index (χ0) is 12.7. The fourth-order valence-corrected chi connectivity index (χ4v) is 1.45. The lowest BCUT2D eigenvalue weighted by Gasteiger charge is -2.14. The number of carbonyl (C=O) groups is 1. The summed E-state index contributed by atoms with van der Waals surface area (Å²) in [5, 5.41) is 9.79. The minimum Gasteiger partial charge on any atom is -0.493 e. The highest BCUT2D eigenvalue weighted by atomic mass is 16.5. The second-order valence-corrected chi connectivity index (χ2v) is 3.64. The molecule has 0 amide bonds. The van der Waals surface area contributed by atoms with E-state index in [1.165, 1.54) is 7.11 Å². The van der Waals surface area contributed by atoms with Crippen LogP contribution < -0.4 is 4.74 Å². The first-order valence-electron chi connectivity index (χ1n) is 5.65. The third kappa shape index (κ3) is 4.07. The third-order valence-corrected chi connectivity index (χ3v) is 2.46. The van der Waals surface area contributed by atoms with Gasteiger partial charge in [-0.2, -0.15) is 0 Å². The molecule has 0 saturated carbocycles. The molecular weight excluding hydrogens is 220 g/mol. The van der Waals surface area contributed by atoms with Gasteiger partial charge in [0.1, 0.15) is 5.75 Å². The van der Waals surface area contributed by atoms with Gasteiger partial charge < -0.3 is 14.6 Å². The van der Waals surface area contributed by atoms with Gasteiger partial charge in [-0.15, -0.1) is 0 Å². The SMILES string of the molecule is CC[C@H](O)c1ccccc1OCCC(=O)OC. The Bertz CT molecular complexity index is 362. The topological polar surface area (TPSA) is 55.8 Å². The van der Waals surface area contributed by atoms with Gasteiger partial charge in [0, 0.05) is 5.56 Å². The number of hydrogen-bond donors (Lipinski definition) is 1. The summed E-state index contributed by atoms with van der Waals surface area (Å²) in [4.78, 5) is 10.9. The normalized spacial score (nSPS) is 11.9. The van der Waals surface area contributed by atoms with Gasteiger partial charge in [-0.1, -0.05) is 25.1 Å². The van der Waals surface area contributed by atoms with E-state index in [-0.39, 0.29) is 19.0 Å². The summed E-state index contributed by atoms with van der Waals surface area (Å²) in [6.07, 6.45) is 0.286. The molecule has 0 unspecified atom stereocenters. The van der Waals surface area contributed by atoms with E-state index in [0.29, 0.717) is 12.2 Å². The smallest absolute Gasteiger partial charge is 0.308 e. The van der Waals surface area contributed by atoms with Crippen LogP contribution in [0.3, 0.4) is 0 Å². The van der Waals surface area contributed by atoms with Crippen LogP contribution in [0.1, 0.15) is 31.4 Å². The molecule has 0 aliphatic rings. The summed E-state index contributed by atoms with van der Waals surface area (Å²) >= 11 is 0. The van der Waals surface area contributed by atoms with Crippen LogP contribution in [0.4, 0.5) is 0 Å². The molecule has 0 aliphatic heterocycles. The van der Waals surface area contributed by atoms with Crippen LogP contribution in [-0.2, 0) is 9.53 Å². The molecule has 0 radical (unpaired) electrons. The van der Waals surface area contributed by atoms with Gasteiger partial charge in [0.15, 0.2) is 0 Å². The molecule has 0 aromatic heterocycles. The van der Waals surface area contributed by atoms with Gasteiger partial charge in [0.25, 0.3) is 0 Å². The van der Waals surface area contributed by atoms with Crippen molar-refractivity contribution in [2.45, 2.75) is 25.9 Å². The van der Waals surface area contributed by atoms with Gasteiger partial charge in [0.05, 0.1) is 26.2 Å². The van der Waals surface area contributed by atoms with Crippen LogP contribution >= 0.6 is 0 Å². The number of ether oxygens (including phenoxy) is 2. The number of para-hydroxylation sites is 1. The Morgan fingerprint density at radius 1 is 1.41 bits per heavy atom. The van der Waals surface area contributed by atoms with Crippen LogP contribution in [0.2, 0.25) is 0 Å². The van der Waals surface area contributed by atoms with Crippen LogP contribution in [-0.4, -0.2) is 24.8 Å². The second-order valence-electron chi connectivity index (χ2n) is 3.64. The quantitative estimate of drug-likeness (QED) is 0.771. The maximum atomic E-state index is 10.9. The van der Waals surface area contributed by atoms with Crippen molar-refractivity contribution in [3.8, 4) is 5.75 Å². The minimum atomic E-state index is -0.538. The Labute approximate surface area is 101 Å². The molecule has 1 rings (SSSR count). The molecule has 0 aliphatic carbocycles. The first-order chi connectivity index (χ1) is 8.19. The second kappa shape index (κ2) is 6.91. The lowest BCUT2D eigenvalue weighted by molar-refractivity contribution is -0.141. The number of carbonyl (C=O) groups excluding carboxylic acids is 1. The maximum Gasteiger partial charge on any atom is 0.308 e. The van der Waals surface area contributed by atoms with Crippen molar-refractivity contribution in [1.29, 1.82) is 0 Å². The van der Waals surface area contributed by atoms with Crippen molar-refractivity contribution in [2.75, 3.05) is 13.7 Å². The number of rotatable bonds is 6. The van der Waals surface area contributed by atoms with Gasteiger partial charge in [-0.05, 0) is 12.5 Å². The molecule has 1 N–H and O–H groups in total. The van der Waals surface area contributed by atoms with E-state index in [0.717, 1.165) is 5.56 Å². The van der Waals surface area contributed by atoms with Crippen molar-refractivity contribution in [2.24, 2.45) is 0 Å². The number of esters is 1.